The zero-order valence-electron chi connectivity index (χ0n) is 10.7. The summed E-state index contributed by atoms with van der Waals surface area (Å²) in [5.41, 5.74) is 6.96. The van der Waals surface area contributed by atoms with E-state index in [1.165, 1.54) is 0 Å². The fraction of sp³-hybridized carbons (Fsp3) is 0.750. The molecular weight excluding hydrogens is 218 g/mol. The third kappa shape index (κ3) is 3.85. The zero-order valence-corrected chi connectivity index (χ0v) is 11.5. The summed E-state index contributed by atoms with van der Waals surface area (Å²) < 4.78 is 0. The molecule has 0 saturated carbocycles. The molecule has 1 rings (SSSR count). The molecule has 0 atom stereocenters. The van der Waals surface area contributed by atoms with Gasteiger partial charge in [-0.15, -0.1) is 11.3 Å². The second-order valence-corrected chi connectivity index (χ2v) is 6.13. The van der Waals surface area contributed by atoms with Gasteiger partial charge in [0.1, 0.15) is 5.01 Å². The van der Waals surface area contributed by atoms with Crippen LogP contribution in [0.25, 0.3) is 0 Å². The van der Waals surface area contributed by atoms with Crippen LogP contribution in [0.3, 0.4) is 0 Å². The highest BCUT2D eigenvalue weighted by atomic mass is 32.1. The van der Waals surface area contributed by atoms with E-state index in [2.05, 4.69) is 43.4 Å². The largest absolute Gasteiger partial charge is 0.325 e. The van der Waals surface area contributed by atoms with Crippen LogP contribution < -0.4 is 11.1 Å². The summed E-state index contributed by atoms with van der Waals surface area (Å²) in [6.07, 6.45) is 0. The summed E-state index contributed by atoms with van der Waals surface area (Å²) >= 11 is 1.64. The van der Waals surface area contributed by atoms with Gasteiger partial charge in [0, 0.05) is 25.0 Å². The molecule has 0 unspecified atom stereocenters. The van der Waals surface area contributed by atoms with Crippen molar-refractivity contribution >= 4 is 11.3 Å². The minimum Gasteiger partial charge on any atom is -0.325 e. The molecule has 1 aromatic heterocycles. The molecule has 0 amide bonds. The van der Waals surface area contributed by atoms with Crippen LogP contribution in [0.4, 0.5) is 0 Å². The van der Waals surface area contributed by atoms with Crippen molar-refractivity contribution in [2.45, 2.75) is 40.8 Å². The Labute approximate surface area is 102 Å². The molecule has 1 heterocycles. The van der Waals surface area contributed by atoms with Gasteiger partial charge in [-0.2, -0.15) is 0 Å². The smallest absolute Gasteiger partial charge is 0.106 e. The number of aromatic nitrogens is 1. The standard InChI is InChI=1S/C12H23N3S/c1-9(2)12(3,4)8-14-6-10-7-16-11(5-13)15-10/h7,9,14H,5-6,8,13H2,1-4H3. The quantitative estimate of drug-likeness (QED) is 0.804. The maximum absolute atomic E-state index is 5.53. The predicted molar refractivity (Wildman–Crippen MR) is 70.3 cm³/mol. The average Bonchev–Trinajstić information content (AvgIpc) is 2.65. The van der Waals surface area contributed by atoms with Crippen molar-refractivity contribution < 1.29 is 0 Å². The number of hydrogen-bond acceptors (Lipinski definition) is 4. The summed E-state index contributed by atoms with van der Waals surface area (Å²) in [4.78, 5) is 4.42. The Balaban J connectivity index is 2.35. The van der Waals surface area contributed by atoms with E-state index in [0.717, 1.165) is 23.8 Å². The molecular formula is C12H23N3S. The number of rotatable bonds is 6. The third-order valence-electron chi connectivity index (χ3n) is 3.22. The van der Waals surface area contributed by atoms with E-state index in [0.29, 0.717) is 17.9 Å². The van der Waals surface area contributed by atoms with Gasteiger partial charge in [0.15, 0.2) is 0 Å². The van der Waals surface area contributed by atoms with Crippen LogP contribution in [0.2, 0.25) is 0 Å². The van der Waals surface area contributed by atoms with Crippen molar-refractivity contribution in [2.24, 2.45) is 17.1 Å². The van der Waals surface area contributed by atoms with Crippen LogP contribution in [-0.4, -0.2) is 11.5 Å². The van der Waals surface area contributed by atoms with Crippen LogP contribution in [0.5, 0.6) is 0 Å². The monoisotopic (exact) mass is 241 g/mol. The fourth-order valence-electron chi connectivity index (χ4n) is 1.24. The molecule has 3 N–H and O–H groups in total. The minimum absolute atomic E-state index is 0.326. The van der Waals surface area contributed by atoms with Crippen LogP contribution in [0, 0.1) is 11.3 Å². The second kappa shape index (κ2) is 5.75. The van der Waals surface area contributed by atoms with Crippen molar-refractivity contribution in [3.63, 3.8) is 0 Å². The molecule has 16 heavy (non-hydrogen) atoms. The Bertz CT molecular complexity index is 318. The number of nitrogens with two attached hydrogens (primary N) is 1. The molecule has 0 aromatic carbocycles. The lowest BCUT2D eigenvalue weighted by Crippen LogP contribution is -2.33. The fourth-order valence-corrected chi connectivity index (χ4v) is 1.92. The first-order chi connectivity index (χ1) is 7.45. The van der Waals surface area contributed by atoms with Crippen molar-refractivity contribution in [3.8, 4) is 0 Å². The first-order valence-electron chi connectivity index (χ1n) is 5.80. The Morgan fingerprint density at radius 1 is 1.50 bits per heavy atom. The molecule has 0 saturated heterocycles. The first kappa shape index (κ1) is 13.6. The number of nitrogens with zero attached hydrogens (tertiary/aromatic N) is 1. The minimum atomic E-state index is 0.326. The van der Waals surface area contributed by atoms with Crippen LogP contribution in [0.15, 0.2) is 5.38 Å². The molecule has 0 spiro atoms. The Morgan fingerprint density at radius 3 is 2.69 bits per heavy atom. The van der Waals surface area contributed by atoms with Gasteiger partial charge in [0.05, 0.1) is 5.69 Å². The zero-order chi connectivity index (χ0) is 12.2. The Hall–Kier alpha value is -0.450. The van der Waals surface area contributed by atoms with Gasteiger partial charge >= 0.3 is 0 Å². The van der Waals surface area contributed by atoms with E-state index < -0.39 is 0 Å². The number of thiazole rings is 1. The molecule has 0 fully saturated rings. The van der Waals surface area contributed by atoms with E-state index in [1.807, 2.05) is 0 Å². The molecule has 0 radical (unpaired) electrons. The third-order valence-corrected chi connectivity index (χ3v) is 4.14. The van der Waals surface area contributed by atoms with Gasteiger partial charge in [-0.3, -0.25) is 0 Å². The van der Waals surface area contributed by atoms with Gasteiger partial charge in [0.2, 0.25) is 0 Å². The predicted octanol–water partition coefficient (Wildman–Crippen LogP) is 2.37. The van der Waals surface area contributed by atoms with Crippen molar-refractivity contribution in [2.75, 3.05) is 6.54 Å². The highest BCUT2D eigenvalue weighted by Crippen LogP contribution is 2.24. The lowest BCUT2D eigenvalue weighted by Gasteiger charge is -2.29. The van der Waals surface area contributed by atoms with E-state index in [4.69, 9.17) is 5.73 Å². The van der Waals surface area contributed by atoms with Gasteiger partial charge in [-0.05, 0) is 11.3 Å². The molecule has 4 heteroatoms. The Kier molecular flexibility index (Phi) is 4.89. The van der Waals surface area contributed by atoms with Gasteiger partial charge < -0.3 is 11.1 Å². The molecule has 0 bridgehead atoms. The summed E-state index contributed by atoms with van der Waals surface area (Å²) in [6.45, 7) is 11.5. The van der Waals surface area contributed by atoms with Crippen molar-refractivity contribution in [1.29, 1.82) is 0 Å². The normalized spacial score (nSPS) is 12.4. The second-order valence-electron chi connectivity index (χ2n) is 5.18. The molecule has 92 valence electrons. The molecule has 0 aliphatic carbocycles. The summed E-state index contributed by atoms with van der Waals surface area (Å²) in [7, 11) is 0. The van der Waals surface area contributed by atoms with Gasteiger partial charge in [0.25, 0.3) is 0 Å². The average molecular weight is 241 g/mol. The summed E-state index contributed by atoms with van der Waals surface area (Å²) in [5.74, 6) is 0.676. The van der Waals surface area contributed by atoms with Crippen LogP contribution in [-0.2, 0) is 13.1 Å². The van der Waals surface area contributed by atoms with Gasteiger partial charge in [-0.25, -0.2) is 4.98 Å². The van der Waals surface area contributed by atoms with E-state index in [1.54, 1.807) is 11.3 Å². The maximum atomic E-state index is 5.53. The molecule has 3 nitrogen and oxygen atoms in total. The first-order valence-corrected chi connectivity index (χ1v) is 6.67. The summed E-state index contributed by atoms with van der Waals surface area (Å²) in [6, 6.07) is 0. The molecule has 0 aliphatic heterocycles. The van der Waals surface area contributed by atoms with Crippen molar-refractivity contribution in [1.82, 2.24) is 10.3 Å². The maximum Gasteiger partial charge on any atom is 0.106 e. The van der Waals surface area contributed by atoms with Crippen LogP contribution >= 0.6 is 11.3 Å². The van der Waals surface area contributed by atoms with Crippen LogP contribution in [0.1, 0.15) is 38.4 Å². The van der Waals surface area contributed by atoms with E-state index >= 15 is 0 Å². The molecule has 0 aliphatic rings. The lowest BCUT2D eigenvalue weighted by molar-refractivity contribution is 0.237. The SMILES string of the molecule is CC(C)C(C)(C)CNCc1csc(CN)n1. The summed E-state index contributed by atoms with van der Waals surface area (Å²) in [5, 5.41) is 6.56. The highest BCUT2D eigenvalue weighted by Gasteiger charge is 2.21. The highest BCUT2D eigenvalue weighted by molar-refractivity contribution is 7.09. The van der Waals surface area contributed by atoms with Crippen molar-refractivity contribution in [3.05, 3.63) is 16.1 Å². The number of hydrogen-bond donors (Lipinski definition) is 2. The Morgan fingerprint density at radius 2 is 2.19 bits per heavy atom. The lowest BCUT2D eigenvalue weighted by atomic mass is 9.81. The van der Waals surface area contributed by atoms with E-state index in [9.17, 15) is 0 Å². The molecule has 1 aromatic rings. The number of nitrogens with one attached hydrogen (secondary N) is 1. The van der Waals surface area contributed by atoms with Gasteiger partial charge in [-0.1, -0.05) is 27.7 Å². The van der Waals surface area contributed by atoms with E-state index in [-0.39, 0.29) is 0 Å². The topological polar surface area (TPSA) is 50.9 Å².